The molecule has 0 aromatic heterocycles. The standard InChI is InChI=1S/C17H16ClIN2O/c18-14-3-7-16(8-4-14)20-9-11-21(12-10-20)17(22)13-1-5-15(19)6-2-13/h1-8H,9-12H2. The van der Waals surface area contributed by atoms with E-state index in [1.165, 1.54) is 0 Å². The lowest BCUT2D eigenvalue weighted by molar-refractivity contribution is 0.0747. The van der Waals surface area contributed by atoms with Crippen molar-refractivity contribution in [2.24, 2.45) is 0 Å². The van der Waals surface area contributed by atoms with Crippen molar-refractivity contribution in [3.8, 4) is 0 Å². The number of benzene rings is 2. The number of halogens is 2. The van der Waals surface area contributed by atoms with Gasteiger partial charge in [0.1, 0.15) is 0 Å². The van der Waals surface area contributed by atoms with Gasteiger partial charge in [0, 0.05) is 46.0 Å². The summed E-state index contributed by atoms with van der Waals surface area (Å²) in [4.78, 5) is 16.7. The Labute approximate surface area is 149 Å². The van der Waals surface area contributed by atoms with E-state index < -0.39 is 0 Å². The molecule has 22 heavy (non-hydrogen) atoms. The molecule has 1 fully saturated rings. The summed E-state index contributed by atoms with van der Waals surface area (Å²) in [5.74, 6) is 0.118. The summed E-state index contributed by atoms with van der Waals surface area (Å²) in [7, 11) is 0. The molecule has 1 heterocycles. The summed E-state index contributed by atoms with van der Waals surface area (Å²) in [6.45, 7) is 3.18. The molecule has 0 spiro atoms. The molecule has 3 nitrogen and oxygen atoms in total. The first-order valence-electron chi connectivity index (χ1n) is 7.19. The van der Waals surface area contributed by atoms with E-state index in [-0.39, 0.29) is 5.91 Å². The van der Waals surface area contributed by atoms with E-state index in [1.807, 2.05) is 53.4 Å². The van der Waals surface area contributed by atoms with Crippen LogP contribution in [0, 0.1) is 3.57 Å². The molecule has 0 aliphatic carbocycles. The number of nitrogens with zero attached hydrogens (tertiary/aromatic N) is 2. The number of hydrogen-bond donors (Lipinski definition) is 0. The van der Waals surface area contributed by atoms with Crippen molar-refractivity contribution in [2.45, 2.75) is 0 Å². The van der Waals surface area contributed by atoms with Crippen LogP contribution in [0.3, 0.4) is 0 Å². The highest BCUT2D eigenvalue weighted by atomic mass is 127. The largest absolute Gasteiger partial charge is 0.368 e. The Morgan fingerprint density at radius 1 is 0.909 bits per heavy atom. The Morgan fingerprint density at radius 2 is 1.50 bits per heavy atom. The number of carbonyl (C=O) groups is 1. The highest BCUT2D eigenvalue weighted by Crippen LogP contribution is 2.20. The summed E-state index contributed by atoms with van der Waals surface area (Å²) >= 11 is 8.17. The molecule has 114 valence electrons. The van der Waals surface area contributed by atoms with E-state index in [4.69, 9.17) is 11.6 Å². The van der Waals surface area contributed by atoms with Crippen LogP contribution in [0.15, 0.2) is 48.5 Å². The minimum absolute atomic E-state index is 0.118. The maximum absolute atomic E-state index is 12.5. The SMILES string of the molecule is O=C(c1ccc(I)cc1)N1CCN(c2ccc(Cl)cc2)CC1. The molecule has 5 heteroatoms. The van der Waals surface area contributed by atoms with Crippen molar-refractivity contribution in [3.05, 3.63) is 62.7 Å². The van der Waals surface area contributed by atoms with Gasteiger partial charge in [0.05, 0.1) is 0 Å². The second kappa shape index (κ2) is 6.87. The molecule has 0 unspecified atom stereocenters. The minimum Gasteiger partial charge on any atom is -0.368 e. The summed E-state index contributed by atoms with van der Waals surface area (Å²) in [6, 6.07) is 15.6. The van der Waals surface area contributed by atoms with Crippen molar-refractivity contribution >= 4 is 45.8 Å². The number of amides is 1. The molecule has 2 aromatic rings. The topological polar surface area (TPSA) is 23.6 Å². The van der Waals surface area contributed by atoms with Crippen LogP contribution in [0.5, 0.6) is 0 Å². The van der Waals surface area contributed by atoms with Gasteiger partial charge in [-0.1, -0.05) is 11.6 Å². The number of hydrogen-bond acceptors (Lipinski definition) is 2. The van der Waals surface area contributed by atoms with Gasteiger partial charge >= 0.3 is 0 Å². The highest BCUT2D eigenvalue weighted by molar-refractivity contribution is 14.1. The van der Waals surface area contributed by atoms with Gasteiger partial charge in [-0.05, 0) is 71.1 Å². The van der Waals surface area contributed by atoms with Crippen LogP contribution in [0.2, 0.25) is 5.02 Å². The monoisotopic (exact) mass is 426 g/mol. The average Bonchev–Trinajstić information content (AvgIpc) is 2.56. The molecule has 1 aliphatic heterocycles. The maximum atomic E-state index is 12.5. The molecular formula is C17H16ClIN2O. The van der Waals surface area contributed by atoms with Gasteiger partial charge in [-0.25, -0.2) is 0 Å². The second-order valence-electron chi connectivity index (χ2n) is 5.26. The van der Waals surface area contributed by atoms with Gasteiger partial charge in [0.25, 0.3) is 5.91 Å². The van der Waals surface area contributed by atoms with Crippen molar-refractivity contribution in [2.75, 3.05) is 31.1 Å². The minimum atomic E-state index is 0.118. The third-order valence-corrected chi connectivity index (χ3v) is 4.82. The lowest BCUT2D eigenvalue weighted by atomic mass is 10.1. The third kappa shape index (κ3) is 3.55. The number of piperazine rings is 1. The first-order valence-corrected chi connectivity index (χ1v) is 8.64. The van der Waals surface area contributed by atoms with Crippen LogP contribution >= 0.6 is 34.2 Å². The quantitative estimate of drug-likeness (QED) is 0.680. The zero-order valence-corrected chi connectivity index (χ0v) is 14.9. The lowest BCUT2D eigenvalue weighted by Crippen LogP contribution is -2.48. The van der Waals surface area contributed by atoms with Crippen molar-refractivity contribution in [1.82, 2.24) is 4.90 Å². The van der Waals surface area contributed by atoms with E-state index in [2.05, 4.69) is 27.5 Å². The fraction of sp³-hybridized carbons (Fsp3) is 0.235. The normalized spacial score (nSPS) is 15.0. The zero-order chi connectivity index (χ0) is 15.5. The highest BCUT2D eigenvalue weighted by Gasteiger charge is 2.22. The Kier molecular flexibility index (Phi) is 4.88. The Morgan fingerprint density at radius 3 is 2.09 bits per heavy atom. The average molecular weight is 427 g/mol. The molecule has 0 radical (unpaired) electrons. The predicted molar refractivity (Wildman–Crippen MR) is 98.7 cm³/mol. The van der Waals surface area contributed by atoms with Gasteiger partial charge < -0.3 is 9.80 Å². The predicted octanol–water partition coefficient (Wildman–Crippen LogP) is 3.91. The first kappa shape index (κ1) is 15.6. The van der Waals surface area contributed by atoms with E-state index in [1.54, 1.807) is 0 Å². The molecule has 0 N–H and O–H groups in total. The van der Waals surface area contributed by atoms with E-state index in [0.29, 0.717) is 0 Å². The maximum Gasteiger partial charge on any atom is 0.253 e. The number of anilines is 1. The van der Waals surface area contributed by atoms with Crippen LogP contribution < -0.4 is 4.90 Å². The Hall–Kier alpha value is -1.27. The fourth-order valence-electron chi connectivity index (χ4n) is 2.59. The number of carbonyl (C=O) groups excluding carboxylic acids is 1. The molecular weight excluding hydrogens is 411 g/mol. The molecule has 1 aliphatic rings. The summed E-state index contributed by atoms with van der Waals surface area (Å²) in [5.41, 5.74) is 1.92. The molecule has 0 saturated carbocycles. The smallest absolute Gasteiger partial charge is 0.253 e. The van der Waals surface area contributed by atoms with E-state index in [9.17, 15) is 4.79 Å². The number of rotatable bonds is 2. The molecule has 1 saturated heterocycles. The van der Waals surface area contributed by atoms with Crippen LogP contribution in [0.1, 0.15) is 10.4 Å². The van der Waals surface area contributed by atoms with Crippen molar-refractivity contribution < 1.29 is 4.79 Å². The Balaban J connectivity index is 1.62. The molecule has 0 atom stereocenters. The van der Waals surface area contributed by atoms with E-state index in [0.717, 1.165) is 46.0 Å². The zero-order valence-electron chi connectivity index (χ0n) is 12.0. The third-order valence-electron chi connectivity index (χ3n) is 3.85. The van der Waals surface area contributed by atoms with Gasteiger partial charge in [-0.15, -0.1) is 0 Å². The fourth-order valence-corrected chi connectivity index (χ4v) is 3.08. The van der Waals surface area contributed by atoms with Gasteiger partial charge in [-0.2, -0.15) is 0 Å². The molecule has 3 rings (SSSR count). The van der Waals surface area contributed by atoms with Crippen LogP contribution in [0.25, 0.3) is 0 Å². The van der Waals surface area contributed by atoms with Crippen molar-refractivity contribution in [1.29, 1.82) is 0 Å². The second-order valence-corrected chi connectivity index (χ2v) is 6.94. The summed E-state index contributed by atoms with van der Waals surface area (Å²) in [5, 5.41) is 0.747. The first-order chi connectivity index (χ1) is 10.6. The molecule has 1 amide bonds. The van der Waals surface area contributed by atoms with Gasteiger partial charge in [0.2, 0.25) is 0 Å². The Bertz CT molecular complexity index is 649. The van der Waals surface area contributed by atoms with E-state index >= 15 is 0 Å². The van der Waals surface area contributed by atoms with Crippen LogP contribution in [-0.4, -0.2) is 37.0 Å². The van der Waals surface area contributed by atoms with Crippen molar-refractivity contribution in [3.63, 3.8) is 0 Å². The molecule has 2 aromatic carbocycles. The summed E-state index contributed by atoms with van der Waals surface area (Å²) in [6.07, 6.45) is 0. The van der Waals surface area contributed by atoms with Gasteiger partial charge in [-0.3, -0.25) is 4.79 Å². The van der Waals surface area contributed by atoms with Crippen LogP contribution in [0.4, 0.5) is 5.69 Å². The van der Waals surface area contributed by atoms with Crippen LogP contribution in [-0.2, 0) is 0 Å². The molecule has 0 bridgehead atoms. The van der Waals surface area contributed by atoms with Gasteiger partial charge in [0.15, 0.2) is 0 Å². The lowest BCUT2D eigenvalue weighted by Gasteiger charge is -2.36. The summed E-state index contributed by atoms with van der Waals surface area (Å²) < 4.78 is 1.14.